The third-order valence-corrected chi connectivity index (χ3v) is 5.49. The van der Waals surface area contributed by atoms with E-state index < -0.39 is 5.82 Å². The third-order valence-electron chi connectivity index (χ3n) is 4.51. The summed E-state index contributed by atoms with van der Waals surface area (Å²) in [6.07, 6.45) is 1.57. The number of hydrogen-bond donors (Lipinski definition) is 0. The summed E-state index contributed by atoms with van der Waals surface area (Å²) in [4.78, 5) is 15.6. The van der Waals surface area contributed by atoms with Gasteiger partial charge in [0.05, 0.1) is 23.7 Å². The molecule has 5 nitrogen and oxygen atoms in total. The fraction of sp³-hybridized carbons (Fsp3) is 0.471. The highest BCUT2D eigenvalue weighted by Gasteiger charge is 2.33. The van der Waals surface area contributed by atoms with Crippen LogP contribution in [0.2, 0.25) is 5.15 Å². The van der Waals surface area contributed by atoms with Gasteiger partial charge in [-0.15, -0.1) is 0 Å². The molecule has 0 aromatic carbocycles. The van der Waals surface area contributed by atoms with Gasteiger partial charge in [-0.05, 0) is 24.2 Å². The Morgan fingerprint density at radius 3 is 3.04 bits per heavy atom. The van der Waals surface area contributed by atoms with Crippen molar-refractivity contribution in [3.8, 4) is 0 Å². The molecule has 0 aliphatic carbocycles. The number of ether oxygens (including phenoxy) is 1. The number of hydrogen-bond acceptors (Lipinski definition) is 6. The van der Waals surface area contributed by atoms with E-state index in [0.29, 0.717) is 41.7 Å². The molecule has 2 aliphatic heterocycles. The molecule has 4 rings (SSSR count). The van der Waals surface area contributed by atoms with Crippen molar-refractivity contribution in [3.05, 3.63) is 23.2 Å². The van der Waals surface area contributed by atoms with Crippen LogP contribution >= 0.6 is 23.4 Å². The first kappa shape index (κ1) is 17.0. The standard InChI is InChI=1S/C17H18ClFN4OS/c1-3-25-17-21-14-11-13(20-15(18)12(14)19)9(2)7-10-8-24-6-4-5-23(10)16(11)22-17/h10H,2-8H2,1H3/t10-/m0/s1. The topological polar surface area (TPSA) is 51.1 Å². The molecular weight excluding hydrogens is 363 g/mol. The molecule has 0 bridgehead atoms. The molecule has 0 N–H and O–H groups in total. The zero-order valence-corrected chi connectivity index (χ0v) is 15.5. The summed E-state index contributed by atoms with van der Waals surface area (Å²) in [5.74, 6) is 0.921. The summed E-state index contributed by atoms with van der Waals surface area (Å²) in [5, 5.41) is 0.986. The van der Waals surface area contributed by atoms with E-state index in [9.17, 15) is 4.39 Å². The Morgan fingerprint density at radius 1 is 1.40 bits per heavy atom. The largest absolute Gasteiger partial charge is 0.379 e. The van der Waals surface area contributed by atoms with Crippen LogP contribution in [0.4, 0.5) is 10.2 Å². The second kappa shape index (κ2) is 6.70. The van der Waals surface area contributed by atoms with Crippen LogP contribution in [-0.4, -0.2) is 46.5 Å². The van der Waals surface area contributed by atoms with Crippen LogP contribution in [0.1, 0.15) is 25.5 Å². The van der Waals surface area contributed by atoms with Gasteiger partial charge in [-0.2, -0.15) is 0 Å². The molecular formula is C17H18ClFN4OS. The zero-order chi connectivity index (χ0) is 17.6. The maximum absolute atomic E-state index is 14.7. The fourth-order valence-corrected chi connectivity index (χ4v) is 4.16. The molecule has 0 radical (unpaired) electrons. The Morgan fingerprint density at radius 2 is 2.24 bits per heavy atom. The monoisotopic (exact) mass is 380 g/mol. The summed E-state index contributed by atoms with van der Waals surface area (Å²) in [6, 6.07) is 0.101. The Hall–Kier alpha value is -1.44. The lowest BCUT2D eigenvalue weighted by Gasteiger charge is -2.29. The molecule has 1 saturated heterocycles. The normalized spacial score (nSPS) is 20.4. The number of halogens is 2. The Kier molecular flexibility index (Phi) is 4.56. The molecule has 2 aliphatic rings. The van der Waals surface area contributed by atoms with Crippen LogP contribution in [0.3, 0.4) is 0 Å². The number of pyridine rings is 1. The predicted molar refractivity (Wildman–Crippen MR) is 98.9 cm³/mol. The van der Waals surface area contributed by atoms with Crippen LogP contribution < -0.4 is 4.90 Å². The van der Waals surface area contributed by atoms with Crippen molar-refractivity contribution in [1.82, 2.24) is 15.0 Å². The van der Waals surface area contributed by atoms with E-state index in [2.05, 4.69) is 21.4 Å². The van der Waals surface area contributed by atoms with Gasteiger partial charge >= 0.3 is 0 Å². The lowest BCUT2D eigenvalue weighted by atomic mass is 10.0. The molecule has 1 atom stereocenters. The highest BCUT2D eigenvalue weighted by molar-refractivity contribution is 7.99. The van der Waals surface area contributed by atoms with Gasteiger partial charge in [0.2, 0.25) is 0 Å². The smallest absolute Gasteiger partial charge is 0.190 e. The van der Waals surface area contributed by atoms with E-state index in [0.717, 1.165) is 24.3 Å². The van der Waals surface area contributed by atoms with E-state index in [1.807, 2.05) is 6.92 Å². The number of fused-ring (bicyclic) bond motifs is 2. The summed E-state index contributed by atoms with van der Waals surface area (Å²) >= 11 is 7.53. The maximum Gasteiger partial charge on any atom is 0.190 e. The van der Waals surface area contributed by atoms with Gasteiger partial charge in [0.1, 0.15) is 11.3 Å². The minimum atomic E-state index is -0.598. The highest BCUT2D eigenvalue weighted by Crippen LogP contribution is 2.40. The number of anilines is 1. The van der Waals surface area contributed by atoms with Gasteiger partial charge in [-0.3, -0.25) is 0 Å². The summed E-state index contributed by atoms with van der Waals surface area (Å²) in [5.41, 5.74) is 1.63. The number of rotatable bonds is 2. The summed E-state index contributed by atoms with van der Waals surface area (Å²) < 4.78 is 20.5. The molecule has 0 saturated carbocycles. The first-order valence-electron chi connectivity index (χ1n) is 8.32. The van der Waals surface area contributed by atoms with Crippen molar-refractivity contribution in [2.75, 3.05) is 30.4 Å². The molecule has 132 valence electrons. The van der Waals surface area contributed by atoms with Crippen molar-refractivity contribution >= 4 is 45.7 Å². The number of aromatic nitrogens is 3. The van der Waals surface area contributed by atoms with Crippen molar-refractivity contribution in [2.24, 2.45) is 0 Å². The lowest BCUT2D eigenvalue weighted by molar-refractivity contribution is 0.135. The van der Waals surface area contributed by atoms with Gasteiger partial charge in [0.15, 0.2) is 16.1 Å². The molecule has 25 heavy (non-hydrogen) atoms. The SMILES string of the molecule is C=C1C[C@H]2COCCCN2c2nc(SCC)nc3c(F)c(Cl)nc1c23. The molecule has 0 unspecified atom stereocenters. The number of thioether (sulfide) groups is 1. The van der Waals surface area contributed by atoms with E-state index >= 15 is 0 Å². The van der Waals surface area contributed by atoms with Gasteiger partial charge in [-0.1, -0.05) is 36.9 Å². The zero-order valence-electron chi connectivity index (χ0n) is 13.9. The second-order valence-corrected chi connectivity index (χ2v) is 7.72. The first-order valence-corrected chi connectivity index (χ1v) is 9.68. The minimum Gasteiger partial charge on any atom is -0.379 e. The Labute approximate surface area is 154 Å². The van der Waals surface area contributed by atoms with Crippen LogP contribution in [0.25, 0.3) is 16.5 Å². The van der Waals surface area contributed by atoms with Crippen LogP contribution in [0.15, 0.2) is 11.7 Å². The summed E-state index contributed by atoms with van der Waals surface area (Å²) in [7, 11) is 0. The van der Waals surface area contributed by atoms with Gasteiger partial charge in [0.25, 0.3) is 0 Å². The first-order chi connectivity index (χ1) is 12.1. The maximum atomic E-state index is 14.7. The lowest BCUT2D eigenvalue weighted by Crippen LogP contribution is -2.37. The number of nitrogens with zero attached hydrogens (tertiary/aromatic N) is 4. The predicted octanol–water partition coefficient (Wildman–Crippen LogP) is 3.94. The van der Waals surface area contributed by atoms with Crippen molar-refractivity contribution in [2.45, 2.75) is 31.0 Å². The van der Waals surface area contributed by atoms with E-state index in [1.54, 1.807) is 0 Å². The molecule has 4 heterocycles. The van der Waals surface area contributed by atoms with Gasteiger partial charge in [0, 0.05) is 13.2 Å². The summed E-state index contributed by atoms with van der Waals surface area (Å²) in [6.45, 7) is 8.27. The van der Waals surface area contributed by atoms with Crippen LogP contribution in [0, 0.1) is 5.82 Å². The average molecular weight is 381 g/mol. The van der Waals surface area contributed by atoms with E-state index in [-0.39, 0.29) is 16.7 Å². The molecule has 0 amide bonds. The molecule has 2 aromatic rings. The highest BCUT2D eigenvalue weighted by atomic mass is 35.5. The van der Waals surface area contributed by atoms with Crippen LogP contribution in [-0.2, 0) is 4.74 Å². The van der Waals surface area contributed by atoms with Gasteiger partial charge in [-0.25, -0.2) is 19.3 Å². The second-order valence-electron chi connectivity index (χ2n) is 6.13. The fourth-order valence-electron chi connectivity index (χ4n) is 3.42. The molecule has 1 fully saturated rings. The van der Waals surface area contributed by atoms with Crippen molar-refractivity contribution in [1.29, 1.82) is 0 Å². The quantitative estimate of drug-likeness (QED) is 0.447. The Balaban J connectivity index is 2.04. The van der Waals surface area contributed by atoms with Crippen molar-refractivity contribution < 1.29 is 9.13 Å². The minimum absolute atomic E-state index is 0.101. The molecule has 8 heteroatoms. The Bertz CT molecular complexity index is 862. The van der Waals surface area contributed by atoms with Crippen molar-refractivity contribution in [3.63, 3.8) is 0 Å². The average Bonchev–Trinajstić information content (AvgIpc) is 2.87. The van der Waals surface area contributed by atoms with Crippen LogP contribution in [0.5, 0.6) is 0 Å². The molecule has 2 aromatic heterocycles. The van der Waals surface area contributed by atoms with E-state index in [4.69, 9.17) is 21.3 Å². The van der Waals surface area contributed by atoms with Gasteiger partial charge < -0.3 is 9.64 Å². The van der Waals surface area contributed by atoms with E-state index in [1.165, 1.54) is 11.8 Å². The third kappa shape index (κ3) is 2.88. The molecule has 0 spiro atoms.